The van der Waals surface area contributed by atoms with Crippen LogP contribution in [-0.4, -0.2) is 187 Å². The number of ketones is 1. The molecular formula is C76H91B2Br10F4N16O16S. The zero-order chi connectivity index (χ0) is 91.0. The van der Waals surface area contributed by atoms with E-state index in [0.717, 1.165) is 38.3 Å². The molecule has 2 aromatic heterocycles. The number of aromatic nitrogens is 6. The van der Waals surface area contributed by atoms with Gasteiger partial charge in [-0.25, -0.2) is 41.0 Å². The number of H-pyrrole nitrogens is 2. The molecule has 0 saturated carbocycles. The maximum Gasteiger partial charge on any atom is 0.673 e. The normalized spacial score (nSPS) is 11.8. The van der Waals surface area contributed by atoms with E-state index >= 15 is 0 Å². The predicted octanol–water partition coefficient (Wildman–Crippen LogP) is 14.9. The topological polar surface area (TPSA) is 544 Å². The Labute approximate surface area is 808 Å². The van der Waals surface area contributed by atoms with Crippen molar-refractivity contribution in [2.24, 2.45) is 40.2 Å². The van der Waals surface area contributed by atoms with E-state index in [0.29, 0.717) is 91.2 Å². The lowest BCUT2D eigenvalue weighted by Gasteiger charge is -2.31. The molecule has 2 aliphatic rings. The minimum atomic E-state index is -6.00. The van der Waals surface area contributed by atoms with Crippen LogP contribution in [-0.2, 0) is 36.6 Å². The Morgan fingerprint density at radius 1 is 0.568 bits per heavy atom. The van der Waals surface area contributed by atoms with Crippen molar-refractivity contribution >= 4 is 239 Å². The first-order valence-electron chi connectivity index (χ1n) is 34.9. The second-order valence-corrected chi connectivity index (χ2v) is 33.6. The number of aromatic hydroxyl groups is 5. The van der Waals surface area contributed by atoms with E-state index in [1.54, 1.807) is 44.4 Å². The highest BCUT2D eigenvalue weighted by Gasteiger charge is 2.27. The van der Waals surface area contributed by atoms with Crippen LogP contribution < -0.4 is 44.8 Å². The highest BCUT2D eigenvalue weighted by atomic mass is 79.9. The number of hydrazine groups is 2. The number of likely N-dealkylation sites (tertiary alicyclic amines) is 1. The summed E-state index contributed by atoms with van der Waals surface area (Å²) in [7, 11) is -4.70. The first-order chi connectivity index (χ1) is 57.1. The molecule has 3 amide bonds. The van der Waals surface area contributed by atoms with Gasteiger partial charge >= 0.3 is 30.2 Å². The molecule has 9 aromatic rings. The number of nitrogens with one attached hydrogen (secondary N) is 5. The van der Waals surface area contributed by atoms with Crippen molar-refractivity contribution in [2.75, 3.05) is 52.8 Å². The largest absolute Gasteiger partial charge is 0.673 e. The fourth-order valence-corrected chi connectivity index (χ4v) is 16.0. The number of methoxy groups -OCH3 is 1. The number of phenolic OH excluding ortho intramolecular Hbond substituents is 5. The van der Waals surface area contributed by atoms with Crippen LogP contribution in [0.25, 0.3) is 22.8 Å². The second-order valence-electron chi connectivity index (χ2n) is 24.2. The number of carbonyl (C=O) groups is 7. The van der Waals surface area contributed by atoms with Crippen LogP contribution in [0.4, 0.5) is 17.3 Å². The number of carbonyl (C=O) groups excluding carboxylic acids is 7. The average Bonchev–Trinajstić information content (AvgIpc) is 1.75. The van der Waals surface area contributed by atoms with Gasteiger partial charge in [-0.1, -0.05) is 87.3 Å². The number of amides is 3. The standard InChI is InChI=1S/C21H20Br2N4O2.C12H17N.C11H11Br2N3O4.C10H7Br2N3O2.C8H6Br2O3.C7H6Br2N2O2.C5H9NO2S.2CH4.BF4.B.H4N2.H2O/c22-16-11-15(12-17(23)18(16)28)19-24-20(26-25-19)21(29)27-8-6-14(7-9-27)10-13-4-2-1-3-5-13;1-2-4-11(5-3-1)10-12-6-8-13-9-7-12;1-2-20-11(19)9(14)15-16-10(18)5-3-6(12)8(17)7(13)4-5;1-4(16)9-13-10(15-14-9)5-2-6(11)8(17)7(12)3-5;1-13-8(12)4-2-5(9)7(11)6(10)3-4;8-4-1-3(7(13)11-10)2-5(9)6(4)12;1-3-8-5(7)4(6)9-2;;;2-1(3,4)5;;1-2;/h1-5,11-12,14,28H,6-10H2,(H,24,25,26);1-5,12-13H,6-10H2;3-4,17H,2H2,1H3,(H2,14,15)(H,16,18);2-3,17H,1H3,(H,13,14,15);2-3,11H,1H3;1-2,12H,10H2,(H,11,13);6H,3H2,1-2H3;2*1H4;;;1-2H2;1H2/q;;;;;;;;;-1;;;/p+1. The van der Waals surface area contributed by atoms with Gasteiger partial charge in [-0.05, 0) is 315 Å². The Hall–Kier alpha value is -7.75. The third kappa shape index (κ3) is 42.4. The number of aromatic amines is 2. The average molecular weight is 2410 g/mol. The lowest BCUT2D eigenvalue weighted by atomic mass is 9.90. The van der Waals surface area contributed by atoms with Crippen molar-refractivity contribution in [1.29, 1.82) is 0 Å². The number of rotatable bonds is 14. The predicted molar refractivity (Wildman–Crippen MR) is 510 cm³/mol. The Kier molecular flexibility index (Phi) is 58.8. The van der Waals surface area contributed by atoms with Crippen molar-refractivity contribution in [3.05, 3.63) is 206 Å². The first kappa shape index (κ1) is 119. The number of nitrogens with two attached hydrogens (primary N) is 5. The molecule has 7 aromatic carbocycles. The van der Waals surface area contributed by atoms with Crippen LogP contribution in [0.15, 0.2) is 171 Å². The fourth-order valence-electron chi connectivity index (χ4n) is 9.88. The number of hydrogen-bond donors (Lipinski definition) is 15. The molecule has 11 rings (SSSR count). The van der Waals surface area contributed by atoms with Crippen molar-refractivity contribution < 1.29 is 101 Å². The number of benzene rings is 7. The molecule has 22 N–H and O–H groups in total. The lowest BCUT2D eigenvalue weighted by molar-refractivity contribution is -0.149. The van der Waals surface area contributed by atoms with Gasteiger partial charge < -0.3 is 78.4 Å². The zero-order valence-corrected chi connectivity index (χ0v) is 82.1. The Balaban J connectivity index is 0. The smallest absolute Gasteiger partial charge is 0.506 e. The van der Waals surface area contributed by atoms with E-state index in [4.69, 9.17) is 17.0 Å². The highest BCUT2D eigenvalue weighted by molar-refractivity contribution is 9.12. The van der Waals surface area contributed by atoms with Crippen molar-refractivity contribution in [1.82, 2.24) is 51.4 Å². The summed E-state index contributed by atoms with van der Waals surface area (Å²) in [4.78, 5) is 89.9. The van der Waals surface area contributed by atoms with Gasteiger partial charge in [0.05, 0.1) is 70.6 Å². The minimum Gasteiger partial charge on any atom is -0.506 e. The SMILES string of the molecule is C.C.CC(=O)c1nc(-c2cc(Br)c(O)c(Br)c2)n[nH]1.CCOC(=O)/C(N)=N/NC(=O)c1cc(Br)c(O)c(Br)c1.CCOC(=O)C(=[NH2+])SC.COC(=O)c1cc(Br)c(O)c(Br)c1.F[B-](F)(F)F.NN.NNC(=O)c1cc(Br)c(O)c(Br)c1.O.O=C(c1nc(-c2cc(Br)c(O)c(Br)c2)n[nH]1)N1CCC(Cc2ccccc2)CC1.[B].c1ccc(CC2CCNCC2)cc1. The van der Waals surface area contributed by atoms with Gasteiger partial charge in [0.2, 0.25) is 11.7 Å². The summed E-state index contributed by atoms with van der Waals surface area (Å²) in [6.45, 7) is 9.16. The van der Waals surface area contributed by atoms with Gasteiger partial charge in [-0.2, -0.15) is 10.2 Å². The van der Waals surface area contributed by atoms with E-state index in [-0.39, 0.29) is 98.0 Å². The Morgan fingerprint density at radius 2 is 0.896 bits per heavy atom. The third-order valence-electron chi connectivity index (χ3n) is 15.7. The molecule has 0 unspecified atom stereocenters. The van der Waals surface area contributed by atoms with E-state index in [9.17, 15) is 76.4 Å². The number of nitrogen functional groups attached to an aromatic ring is 1. The molecule has 3 radical (unpaired) electrons. The number of hydrogen-bond acceptors (Lipinski definition) is 25. The van der Waals surface area contributed by atoms with Gasteiger partial charge in [0, 0.05) is 50.7 Å². The molecule has 4 heterocycles. The van der Waals surface area contributed by atoms with E-state index < -0.39 is 42.8 Å². The van der Waals surface area contributed by atoms with E-state index in [1.165, 1.54) is 106 Å². The van der Waals surface area contributed by atoms with Crippen molar-refractivity contribution in [3.63, 3.8) is 0 Å². The molecule has 32 nitrogen and oxygen atoms in total. The molecule has 2 aliphatic heterocycles. The molecule has 49 heteroatoms. The third-order valence-corrected chi connectivity index (χ3v) is 22.4. The number of amidine groups is 1. The van der Waals surface area contributed by atoms with Crippen LogP contribution in [0.1, 0.15) is 125 Å². The summed E-state index contributed by atoms with van der Waals surface area (Å²) in [6, 6.07) is 36.8. The maximum atomic E-state index is 12.8. The van der Waals surface area contributed by atoms with Gasteiger partial charge in [-0.3, -0.25) is 46.5 Å². The second kappa shape index (κ2) is 61.7. The number of piperidine rings is 2. The van der Waals surface area contributed by atoms with Crippen molar-refractivity contribution in [3.8, 4) is 51.5 Å². The number of hydrazone groups is 1. The lowest BCUT2D eigenvalue weighted by Crippen LogP contribution is -2.43. The molecule has 2 saturated heterocycles. The molecule has 0 spiro atoms. The number of halogens is 14. The highest BCUT2D eigenvalue weighted by Crippen LogP contribution is 2.39. The van der Waals surface area contributed by atoms with E-state index in [1.807, 2.05) is 16.4 Å². The molecule has 0 aliphatic carbocycles. The first-order valence-corrected chi connectivity index (χ1v) is 44.1. The Bertz CT molecular complexity index is 4810. The van der Waals surface area contributed by atoms with Crippen LogP contribution in [0.5, 0.6) is 28.7 Å². The zero-order valence-electron chi connectivity index (χ0n) is 65.4. The van der Waals surface area contributed by atoms with Gasteiger partial charge in [0.25, 0.3) is 17.7 Å². The summed E-state index contributed by atoms with van der Waals surface area (Å²) >= 11 is 32.8. The summed E-state index contributed by atoms with van der Waals surface area (Å²) in [5, 5.41) is 73.3. The van der Waals surface area contributed by atoms with Crippen molar-refractivity contribution in [2.45, 2.75) is 74.1 Å². The van der Waals surface area contributed by atoms with Gasteiger partial charge in [-0.15, -0.1) is 5.10 Å². The fraction of sp³-hybridized carbons (Fsp3) is 0.276. The minimum absolute atomic E-state index is 0. The quantitative estimate of drug-likeness (QED) is 0.00459. The van der Waals surface area contributed by atoms with Gasteiger partial charge in [0.15, 0.2) is 23.3 Å². The number of phenols is 5. The molecular weight excluding hydrogens is 2320 g/mol. The van der Waals surface area contributed by atoms with Gasteiger partial charge in [0.1, 0.15) is 28.7 Å². The number of nitrogens with zero attached hydrogens (tertiary/aromatic N) is 6. The van der Waals surface area contributed by atoms with Crippen LogP contribution in [0.2, 0.25) is 0 Å². The Morgan fingerprint density at radius 3 is 1.23 bits per heavy atom. The maximum absolute atomic E-state index is 12.8. The molecule has 0 atom stereocenters. The summed E-state index contributed by atoms with van der Waals surface area (Å²) < 4.78 is 57.2. The number of Topliss-reactive ketones (excluding diaryl/α,β-unsaturated/α-hetero) is 1. The molecule has 681 valence electrons. The summed E-state index contributed by atoms with van der Waals surface area (Å²) in [5.41, 5.74) is 14.6. The van der Waals surface area contributed by atoms with Crippen LogP contribution >= 0.6 is 171 Å². The van der Waals surface area contributed by atoms with Crippen LogP contribution in [0, 0.1) is 11.8 Å². The number of ether oxygens (including phenoxy) is 3. The van der Waals surface area contributed by atoms with Crippen LogP contribution in [0.3, 0.4) is 0 Å². The van der Waals surface area contributed by atoms with E-state index in [2.05, 4.69) is 286 Å². The number of thioether (sulfide) groups is 1. The summed E-state index contributed by atoms with van der Waals surface area (Å²) in [6.07, 6.45) is 8.71. The molecule has 0 bridgehead atoms. The molecule has 2 fully saturated rings. The monoisotopic (exact) mass is 2400 g/mol. The summed E-state index contributed by atoms with van der Waals surface area (Å²) in [5.74, 6) is 12.5. The molecule has 125 heavy (non-hydrogen) atoms. The number of esters is 3.